The summed E-state index contributed by atoms with van der Waals surface area (Å²) in [5.74, 6) is 1.06. The first-order valence-corrected chi connectivity index (χ1v) is 9.81. The van der Waals surface area contributed by atoms with E-state index in [1.807, 2.05) is 40.3 Å². The molecule has 5 nitrogen and oxygen atoms in total. The number of hydrogen-bond donors (Lipinski definition) is 1. The molecule has 2 aliphatic heterocycles. The van der Waals surface area contributed by atoms with Crippen molar-refractivity contribution in [1.29, 1.82) is 0 Å². The van der Waals surface area contributed by atoms with Crippen LogP contribution < -0.4 is 0 Å². The predicted molar refractivity (Wildman–Crippen MR) is 109 cm³/mol. The Morgan fingerprint density at radius 1 is 0.857 bits per heavy atom. The molecule has 0 saturated carbocycles. The van der Waals surface area contributed by atoms with E-state index in [9.17, 15) is 9.59 Å². The summed E-state index contributed by atoms with van der Waals surface area (Å²) in [6.07, 6.45) is 1.94. The summed E-state index contributed by atoms with van der Waals surface area (Å²) in [5, 5.41) is 1.19. The van der Waals surface area contributed by atoms with Crippen molar-refractivity contribution >= 4 is 22.7 Å². The van der Waals surface area contributed by atoms with Gasteiger partial charge in [0.15, 0.2) is 0 Å². The normalized spacial score (nSPS) is 21.3. The second kappa shape index (κ2) is 6.51. The number of likely N-dealkylation sites (tertiary alicyclic amines) is 2. The highest BCUT2D eigenvalue weighted by Crippen LogP contribution is 2.32. The van der Waals surface area contributed by atoms with Crippen molar-refractivity contribution in [2.45, 2.75) is 6.92 Å². The first-order chi connectivity index (χ1) is 13.6. The maximum Gasteiger partial charge on any atom is 0.253 e. The highest BCUT2D eigenvalue weighted by atomic mass is 16.2. The van der Waals surface area contributed by atoms with Gasteiger partial charge in [0.1, 0.15) is 0 Å². The van der Waals surface area contributed by atoms with Crippen LogP contribution in [0.25, 0.3) is 22.0 Å². The van der Waals surface area contributed by atoms with Crippen LogP contribution in [0.3, 0.4) is 0 Å². The van der Waals surface area contributed by atoms with Crippen molar-refractivity contribution in [3.63, 3.8) is 0 Å². The highest BCUT2D eigenvalue weighted by molar-refractivity contribution is 5.95. The van der Waals surface area contributed by atoms with Crippen LogP contribution in [0.1, 0.15) is 17.3 Å². The van der Waals surface area contributed by atoms with Crippen LogP contribution in [0.5, 0.6) is 0 Å². The van der Waals surface area contributed by atoms with E-state index in [0.717, 1.165) is 48.4 Å². The Morgan fingerprint density at radius 2 is 1.50 bits per heavy atom. The summed E-state index contributed by atoms with van der Waals surface area (Å²) in [6, 6.07) is 16.3. The third kappa shape index (κ3) is 2.87. The van der Waals surface area contributed by atoms with E-state index < -0.39 is 0 Å². The molecular weight excluding hydrogens is 350 g/mol. The smallest absolute Gasteiger partial charge is 0.253 e. The molecule has 2 aliphatic rings. The van der Waals surface area contributed by atoms with Crippen LogP contribution in [0.2, 0.25) is 0 Å². The van der Waals surface area contributed by atoms with Gasteiger partial charge in [-0.05, 0) is 40.8 Å². The van der Waals surface area contributed by atoms with Gasteiger partial charge in [-0.2, -0.15) is 0 Å². The molecular formula is C23H23N3O2. The third-order valence-electron chi connectivity index (χ3n) is 6.24. The van der Waals surface area contributed by atoms with Crippen molar-refractivity contribution < 1.29 is 9.59 Å². The standard InChI is InChI=1S/C23H23N3O2/c1-15(27)25-11-20-13-26(14-21(20)12-25)23(28)18-5-2-16(3-6-18)19-7-4-17-8-9-24-22(17)10-19/h2-10,20-21,24H,11-14H2,1H3. The second-order valence-corrected chi connectivity index (χ2v) is 8.01. The van der Waals surface area contributed by atoms with Gasteiger partial charge in [0.25, 0.3) is 5.91 Å². The lowest BCUT2D eigenvalue weighted by atomic mass is 10.0. The van der Waals surface area contributed by atoms with Gasteiger partial charge in [-0.25, -0.2) is 0 Å². The summed E-state index contributed by atoms with van der Waals surface area (Å²) >= 11 is 0. The van der Waals surface area contributed by atoms with E-state index in [2.05, 4.69) is 29.2 Å². The Kier molecular flexibility index (Phi) is 3.97. The van der Waals surface area contributed by atoms with Crippen molar-refractivity contribution in [3.05, 3.63) is 60.3 Å². The van der Waals surface area contributed by atoms with Gasteiger partial charge >= 0.3 is 0 Å². The number of benzene rings is 2. The van der Waals surface area contributed by atoms with E-state index in [-0.39, 0.29) is 11.8 Å². The van der Waals surface area contributed by atoms with Crippen molar-refractivity contribution in [1.82, 2.24) is 14.8 Å². The van der Waals surface area contributed by atoms with Gasteiger partial charge in [-0.15, -0.1) is 0 Å². The zero-order valence-electron chi connectivity index (χ0n) is 15.9. The van der Waals surface area contributed by atoms with Crippen LogP contribution >= 0.6 is 0 Å². The average molecular weight is 373 g/mol. The quantitative estimate of drug-likeness (QED) is 0.749. The minimum Gasteiger partial charge on any atom is -0.361 e. The number of H-pyrrole nitrogens is 1. The number of carbonyl (C=O) groups is 2. The summed E-state index contributed by atoms with van der Waals surface area (Å²) in [4.78, 5) is 31.6. The summed E-state index contributed by atoms with van der Waals surface area (Å²) in [7, 11) is 0. The Bertz CT molecular complexity index is 1040. The molecule has 2 saturated heterocycles. The molecule has 1 aromatic heterocycles. The fourth-order valence-electron chi connectivity index (χ4n) is 4.63. The molecule has 3 aromatic rings. The molecule has 142 valence electrons. The zero-order valence-corrected chi connectivity index (χ0v) is 15.9. The highest BCUT2D eigenvalue weighted by Gasteiger charge is 2.42. The molecule has 2 aromatic carbocycles. The SMILES string of the molecule is CC(=O)N1CC2CN(C(=O)c3ccc(-c4ccc5cc[nH]c5c4)cc3)CC2C1. The van der Waals surface area contributed by atoms with Crippen molar-refractivity contribution in [2.75, 3.05) is 26.2 Å². The van der Waals surface area contributed by atoms with E-state index in [0.29, 0.717) is 11.8 Å². The van der Waals surface area contributed by atoms with Crippen LogP contribution in [0.15, 0.2) is 54.7 Å². The number of rotatable bonds is 2. The minimum absolute atomic E-state index is 0.0927. The van der Waals surface area contributed by atoms with Crippen LogP contribution in [0.4, 0.5) is 0 Å². The van der Waals surface area contributed by atoms with Gasteiger partial charge in [-0.1, -0.05) is 24.3 Å². The molecule has 2 fully saturated rings. The number of aromatic amines is 1. The summed E-state index contributed by atoms with van der Waals surface area (Å²) in [6.45, 7) is 4.68. The molecule has 0 radical (unpaired) electrons. The molecule has 2 unspecified atom stereocenters. The fraction of sp³-hybridized carbons (Fsp3) is 0.304. The average Bonchev–Trinajstić information content (AvgIpc) is 3.41. The van der Waals surface area contributed by atoms with Gasteiger partial charge in [0.2, 0.25) is 5.91 Å². The molecule has 2 atom stereocenters. The molecule has 0 spiro atoms. The largest absolute Gasteiger partial charge is 0.361 e. The van der Waals surface area contributed by atoms with Gasteiger partial charge in [-0.3, -0.25) is 9.59 Å². The zero-order chi connectivity index (χ0) is 19.3. The maximum absolute atomic E-state index is 12.9. The predicted octanol–water partition coefficient (Wildman–Crippen LogP) is 3.39. The number of aromatic nitrogens is 1. The third-order valence-corrected chi connectivity index (χ3v) is 6.24. The number of fused-ring (bicyclic) bond motifs is 2. The number of hydrogen-bond acceptors (Lipinski definition) is 2. The van der Waals surface area contributed by atoms with Crippen LogP contribution in [0, 0.1) is 11.8 Å². The van der Waals surface area contributed by atoms with Crippen molar-refractivity contribution in [2.24, 2.45) is 11.8 Å². The number of carbonyl (C=O) groups excluding carboxylic acids is 2. The molecule has 3 heterocycles. The number of nitrogens with zero attached hydrogens (tertiary/aromatic N) is 2. The number of amides is 2. The minimum atomic E-state index is 0.0927. The van der Waals surface area contributed by atoms with Crippen LogP contribution in [-0.4, -0.2) is 52.8 Å². The summed E-state index contributed by atoms with van der Waals surface area (Å²) < 4.78 is 0. The molecule has 0 bridgehead atoms. The Morgan fingerprint density at radius 3 is 2.18 bits per heavy atom. The topological polar surface area (TPSA) is 56.4 Å². The first-order valence-electron chi connectivity index (χ1n) is 9.81. The Balaban J connectivity index is 1.30. The Hall–Kier alpha value is -3.08. The van der Waals surface area contributed by atoms with Gasteiger partial charge < -0.3 is 14.8 Å². The van der Waals surface area contributed by atoms with Gasteiger partial charge in [0, 0.05) is 62.2 Å². The lowest BCUT2D eigenvalue weighted by molar-refractivity contribution is -0.128. The van der Waals surface area contributed by atoms with Gasteiger partial charge in [0.05, 0.1) is 0 Å². The number of nitrogens with one attached hydrogen (secondary N) is 1. The maximum atomic E-state index is 12.9. The van der Waals surface area contributed by atoms with E-state index in [4.69, 9.17) is 0 Å². The first kappa shape index (κ1) is 17.0. The lowest BCUT2D eigenvalue weighted by Crippen LogP contribution is -2.34. The van der Waals surface area contributed by atoms with E-state index in [1.165, 1.54) is 5.39 Å². The Labute approximate surface area is 163 Å². The fourth-order valence-corrected chi connectivity index (χ4v) is 4.63. The lowest BCUT2D eigenvalue weighted by Gasteiger charge is -2.21. The monoisotopic (exact) mass is 373 g/mol. The molecule has 2 amide bonds. The van der Waals surface area contributed by atoms with E-state index in [1.54, 1.807) is 6.92 Å². The molecule has 5 heteroatoms. The van der Waals surface area contributed by atoms with Crippen LogP contribution in [-0.2, 0) is 4.79 Å². The molecule has 0 aliphatic carbocycles. The molecule has 1 N–H and O–H groups in total. The summed E-state index contributed by atoms with van der Waals surface area (Å²) in [5.41, 5.74) is 4.08. The van der Waals surface area contributed by atoms with Crippen molar-refractivity contribution in [3.8, 4) is 11.1 Å². The van der Waals surface area contributed by atoms with E-state index >= 15 is 0 Å². The second-order valence-electron chi connectivity index (χ2n) is 8.01. The molecule has 5 rings (SSSR count). The molecule has 28 heavy (non-hydrogen) atoms.